The highest BCUT2D eigenvalue weighted by atomic mass is 35.5. The largest absolute Gasteiger partial charge is 0.416 e. The van der Waals surface area contributed by atoms with Crippen molar-refractivity contribution in [2.45, 2.75) is 18.0 Å². The molecule has 0 aliphatic carbocycles. The van der Waals surface area contributed by atoms with Crippen LogP contribution >= 0.6 is 11.6 Å². The van der Waals surface area contributed by atoms with Crippen molar-refractivity contribution in [2.24, 2.45) is 4.36 Å². The Labute approximate surface area is 223 Å². The predicted octanol–water partition coefficient (Wildman–Crippen LogP) is 5.80. The van der Waals surface area contributed by atoms with Gasteiger partial charge in [-0.3, -0.25) is 9.59 Å². The topological polar surface area (TPSA) is 111 Å². The van der Waals surface area contributed by atoms with Crippen LogP contribution in [-0.4, -0.2) is 22.3 Å². The molecule has 1 aliphatic rings. The number of rotatable bonds is 5. The van der Waals surface area contributed by atoms with Gasteiger partial charge in [-0.2, -0.15) is 18.4 Å². The highest BCUT2D eigenvalue weighted by Crippen LogP contribution is 2.40. The molecule has 14 heteroatoms. The number of anilines is 1. The molecule has 0 radical (unpaired) electrons. The molecule has 0 bridgehead atoms. The molecule has 0 fully saturated rings. The second-order valence-electron chi connectivity index (χ2n) is 8.65. The Morgan fingerprint density at radius 2 is 1.87 bits per heavy atom. The molecule has 0 unspecified atom stereocenters. The minimum absolute atomic E-state index is 0.0319. The van der Waals surface area contributed by atoms with E-state index < -0.39 is 56.5 Å². The van der Waals surface area contributed by atoms with Crippen molar-refractivity contribution in [2.75, 3.05) is 11.6 Å². The van der Waals surface area contributed by atoms with Gasteiger partial charge in [-0.25, -0.2) is 13.0 Å². The van der Waals surface area contributed by atoms with E-state index in [0.29, 0.717) is 12.1 Å². The minimum Gasteiger partial charge on any atom is -0.341 e. The zero-order valence-electron chi connectivity index (χ0n) is 19.7. The number of halogens is 6. The summed E-state index contributed by atoms with van der Waals surface area (Å²) in [6.07, 6.45) is -2.29. The van der Waals surface area contributed by atoms with Gasteiger partial charge in [-0.15, -0.1) is 4.36 Å². The van der Waals surface area contributed by atoms with Crippen LogP contribution < -0.4 is 10.6 Å². The fourth-order valence-corrected chi connectivity index (χ4v) is 5.40. The van der Waals surface area contributed by atoms with Gasteiger partial charge in [-0.05, 0) is 54.1 Å². The second kappa shape index (κ2) is 10.3. The fraction of sp³-hybridized carbons (Fsp3) is 0.160. The molecule has 2 N–H and O–H groups in total. The number of carbonyl (C=O) groups is 2. The molecule has 2 atom stereocenters. The van der Waals surface area contributed by atoms with Gasteiger partial charge in [0.15, 0.2) is 0 Å². The summed E-state index contributed by atoms with van der Waals surface area (Å²) >= 11 is 6.24. The molecule has 2 amide bonds. The van der Waals surface area contributed by atoms with E-state index in [1.54, 1.807) is 0 Å². The first-order valence-corrected chi connectivity index (χ1v) is 13.4. The van der Waals surface area contributed by atoms with Gasteiger partial charge in [-0.1, -0.05) is 11.6 Å². The van der Waals surface area contributed by atoms with E-state index in [-0.39, 0.29) is 44.8 Å². The number of fused-ring (bicyclic) bond motifs is 1. The van der Waals surface area contributed by atoms with Crippen LogP contribution in [0.4, 0.5) is 27.6 Å². The molecule has 1 heterocycles. The molecule has 1 aliphatic heterocycles. The van der Waals surface area contributed by atoms with Crippen molar-refractivity contribution in [3.8, 4) is 6.19 Å². The summed E-state index contributed by atoms with van der Waals surface area (Å²) in [4.78, 5) is 25.9. The van der Waals surface area contributed by atoms with Gasteiger partial charge < -0.3 is 10.6 Å². The molecular weight excluding hydrogens is 567 g/mol. The number of amides is 2. The van der Waals surface area contributed by atoms with Crippen molar-refractivity contribution >= 4 is 38.8 Å². The SMILES string of the molecule is C[S@@](=O)(Cc1cc(NC(=O)c2cc(F)cc(C(F)(F)F)c2)c2c(c1)C(=O)N[C@H]2c1cc(F)ccc1Cl)=NC#N. The molecule has 0 saturated heterocycles. The zero-order valence-corrected chi connectivity index (χ0v) is 21.3. The Morgan fingerprint density at radius 1 is 1.15 bits per heavy atom. The number of hydrogen-bond acceptors (Lipinski definition) is 5. The first-order valence-electron chi connectivity index (χ1n) is 10.9. The van der Waals surface area contributed by atoms with Gasteiger partial charge in [0.05, 0.1) is 27.1 Å². The number of alkyl halides is 3. The first-order chi connectivity index (χ1) is 18.2. The van der Waals surface area contributed by atoms with Gasteiger partial charge in [0.2, 0.25) is 6.19 Å². The molecule has 0 aromatic heterocycles. The summed E-state index contributed by atoms with van der Waals surface area (Å²) in [5.74, 6) is -4.13. The van der Waals surface area contributed by atoms with E-state index in [1.165, 1.54) is 30.6 Å². The molecule has 3 aromatic rings. The Bertz CT molecular complexity index is 1690. The molecule has 7 nitrogen and oxygen atoms in total. The number of nitriles is 1. The van der Waals surface area contributed by atoms with E-state index in [2.05, 4.69) is 15.0 Å². The van der Waals surface area contributed by atoms with Crippen LogP contribution in [0, 0.1) is 23.1 Å². The van der Waals surface area contributed by atoms with Gasteiger partial charge >= 0.3 is 6.18 Å². The molecule has 3 aromatic carbocycles. The summed E-state index contributed by atoms with van der Waals surface area (Å²) in [6, 6.07) is 6.24. The Balaban J connectivity index is 1.87. The van der Waals surface area contributed by atoms with Crippen LogP contribution in [-0.2, 0) is 21.7 Å². The second-order valence-corrected chi connectivity index (χ2v) is 11.4. The van der Waals surface area contributed by atoms with Gasteiger partial charge in [0.25, 0.3) is 11.8 Å². The molecular formula is C25H16ClF5N4O3S. The van der Waals surface area contributed by atoms with Crippen molar-refractivity contribution in [3.05, 3.63) is 98.6 Å². The Kier molecular flexibility index (Phi) is 7.38. The molecule has 202 valence electrons. The molecule has 0 saturated carbocycles. The number of benzene rings is 3. The lowest BCUT2D eigenvalue weighted by atomic mass is 9.94. The van der Waals surface area contributed by atoms with Crippen molar-refractivity contribution in [1.29, 1.82) is 5.26 Å². The first kappa shape index (κ1) is 28.0. The average molecular weight is 583 g/mol. The average Bonchev–Trinajstić information content (AvgIpc) is 3.15. The number of carbonyl (C=O) groups excluding carboxylic acids is 2. The van der Waals surface area contributed by atoms with Crippen molar-refractivity contribution in [1.82, 2.24) is 5.32 Å². The number of nitrogens with zero attached hydrogens (tertiary/aromatic N) is 2. The smallest absolute Gasteiger partial charge is 0.341 e. The van der Waals surface area contributed by atoms with Crippen LogP contribution in [0.3, 0.4) is 0 Å². The normalized spacial score (nSPS) is 16.1. The minimum atomic E-state index is -4.93. The Morgan fingerprint density at radius 3 is 2.54 bits per heavy atom. The maximum Gasteiger partial charge on any atom is 0.416 e. The summed E-state index contributed by atoms with van der Waals surface area (Å²) in [6.45, 7) is 0. The van der Waals surface area contributed by atoms with E-state index in [9.17, 15) is 35.8 Å². The number of hydrogen-bond donors (Lipinski definition) is 2. The van der Waals surface area contributed by atoms with Crippen LogP contribution in [0.1, 0.15) is 49.0 Å². The standard InChI is InChI=1S/C25H16ClF5N4O3S/c1-39(38,33-11-32)10-12-4-18-21(22(35-24(18)37)17-9-15(27)2-3-19(17)26)20(5-12)34-23(36)13-6-14(25(29,30)31)8-16(28)7-13/h2-9,22H,10H2,1H3,(H,34,36)(H,35,37)/t22-,39+/m0/s1. The third-order valence-electron chi connectivity index (χ3n) is 5.72. The van der Waals surface area contributed by atoms with Crippen molar-refractivity contribution in [3.63, 3.8) is 0 Å². The third-order valence-corrected chi connectivity index (χ3v) is 7.40. The van der Waals surface area contributed by atoms with Crippen LogP contribution in [0.2, 0.25) is 5.02 Å². The van der Waals surface area contributed by atoms with Crippen LogP contribution in [0.25, 0.3) is 0 Å². The zero-order chi connectivity index (χ0) is 28.7. The molecule has 0 spiro atoms. The lowest BCUT2D eigenvalue weighted by molar-refractivity contribution is -0.137. The highest BCUT2D eigenvalue weighted by Gasteiger charge is 2.36. The summed E-state index contributed by atoms with van der Waals surface area (Å²) in [5, 5.41) is 13.9. The maximum atomic E-state index is 14.1. The molecule has 4 rings (SSSR count). The van der Waals surface area contributed by atoms with E-state index >= 15 is 0 Å². The monoisotopic (exact) mass is 582 g/mol. The lowest BCUT2D eigenvalue weighted by Gasteiger charge is -2.19. The summed E-state index contributed by atoms with van der Waals surface area (Å²) in [7, 11) is -3.10. The van der Waals surface area contributed by atoms with Crippen LogP contribution in [0.5, 0.6) is 0 Å². The molecule has 39 heavy (non-hydrogen) atoms. The maximum absolute atomic E-state index is 14.1. The van der Waals surface area contributed by atoms with Gasteiger partial charge in [0, 0.05) is 39.2 Å². The van der Waals surface area contributed by atoms with E-state index in [0.717, 1.165) is 12.1 Å². The highest BCUT2D eigenvalue weighted by molar-refractivity contribution is 7.92. The number of nitrogens with one attached hydrogen (secondary N) is 2. The summed E-state index contributed by atoms with van der Waals surface area (Å²) in [5.41, 5.74) is -1.81. The Hall–Kier alpha value is -4.02. The van der Waals surface area contributed by atoms with Crippen LogP contribution in [0.15, 0.2) is 52.9 Å². The predicted molar refractivity (Wildman–Crippen MR) is 132 cm³/mol. The quantitative estimate of drug-likeness (QED) is 0.292. The third kappa shape index (κ3) is 6.02. The van der Waals surface area contributed by atoms with Crippen molar-refractivity contribution < 1.29 is 35.8 Å². The van der Waals surface area contributed by atoms with E-state index in [1.807, 2.05) is 0 Å². The summed E-state index contributed by atoms with van der Waals surface area (Å²) < 4.78 is 83.6. The van der Waals surface area contributed by atoms with E-state index in [4.69, 9.17) is 16.9 Å². The fourth-order valence-electron chi connectivity index (χ4n) is 4.16. The lowest BCUT2D eigenvalue weighted by Crippen LogP contribution is -2.21. The van der Waals surface area contributed by atoms with Gasteiger partial charge in [0.1, 0.15) is 11.6 Å².